The highest BCUT2D eigenvalue weighted by molar-refractivity contribution is 5.95. The molecule has 0 spiro atoms. The van der Waals surface area contributed by atoms with Gasteiger partial charge in [0.15, 0.2) is 0 Å². The minimum atomic E-state index is -0.433. The summed E-state index contributed by atoms with van der Waals surface area (Å²) in [6.45, 7) is 8.92. The minimum absolute atomic E-state index is 0.0645. The molecule has 3 nitrogen and oxygen atoms in total. The lowest BCUT2D eigenvalue weighted by molar-refractivity contribution is -0.126. The molecule has 118 valence electrons. The SMILES string of the molecule is CCCC(CN)(CCC)C(=O)Nc1cccc(C(C)C)c1. The van der Waals surface area contributed by atoms with Crippen LogP contribution in [0.15, 0.2) is 24.3 Å². The summed E-state index contributed by atoms with van der Waals surface area (Å²) in [4.78, 5) is 12.7. The first kappa shape index (κ1) is 17.7. The molecular weight excluding hydrogens is 260 g/mol. The van der Waals surface area contributed by atoms with E-state index in [9.17, 15) is 4.79 Å². The largest absolute Gasteiger partial charge is 0.329 e. The van der Waals surface area contributed by atoms with Crippen LogP contribution in [0.5, 0.6) is 0 Å². The van der Waals surface area contributed by atoms with Crippen molar-refractivity contribution in [2.45, 2.75) is 59.3 Å². The minimum Gasteiger partial charge on any atom is -0.329 e. The van der Waals surface area contributed by atoms with E-state index in [1.807, 2.05) is 12.1 Å². The zero-order chi connectivity index (χ0) is 15.9. The van der Waals surface area contributed by atoms with Crippen LogP contribution in [0.25, 0.3) is 0 Å². The van der Waals surface area contributed by atoms with Gasteiger partial charge in [0, 0.05) is 12.2 Å². The van der Waals surface area contributed by atoms with Crippen LogP contribution in [0.2, 0.25) is 0 Å². The summed E-state index contributed by atoms with van der Waals surface area (Å²) in [6, 6.07) is 8.09. The maximum absolute atomic E-state index is 12.7. The van der Waals surface area contributed by atoms with Crippen molar-refractivity contribution < 1.29 is 4.79 Å². The van der Waals surface area contributed by atoms with E-state index in [1.165, 1.54) is 5.56 Å². The van der Waals surface area contributed by atoms with Crippen LogP contribution in [0.4, 0.5) is 5.69 Å². The molecule has 0 saturated carbocycles. The predicted molar refractivity (Wildman–Crippen MR) is 90.5 cm³/mol. The molecule has 21 heavy (non-hydrogen) atoms. The average molecular weight is 290 g/mol. The number of benzene rings is 1. The first-order valence-electron chi connectivity index (χ1n) is 8.10. The Kier molecular flexibility index (Phi) is 6.90. The van der Waals surface area contributed by atoms with Gasteiger partial charge in [-0.3, -0.25) is 4.79 Å². The van der Waals surface area contributed by atoms with Crippen molar-refractivity contribution in [3.63, 3.8) is 0 Å². The Labute approximate surface area is 129 Å². The van der Waals surface area contributed by atoms with Gasteiger partial charge in [0.05, 0.1) is 5.41 Å². The predicted octanol–water partition coefficient (Wildman–Crippen LogP) is 4.29. The molecule has 0 atom stereocenters. The van der Waals surface area contributed by atoms with Gasteiger partial charge in [0.2, 0.25) is 5.91 Å². The molecule has 0 heterocycles. The molecule has 0 radical (unpaired) electrons. The van der Waals surface area contributed by atoms with E-state index in [0.29, 0.717) is 12.5 Å². The van der Waals surface area contributed by atoms with Crippen LogP contribution in [0, 0.1) is 5.41 Å². The van der Waals surface area contributed by atoms with E-state index in [2.05, 4.69) is 45.1 Å². The fraction of sp³-hybridized carbons (Fsp3) is 0.611. The van der Waals surface area contributed by atoms with Gasteiger partial charge < -0.3 is 11.1 Å². The van der Waals surface area contributed by atoms with Crippen molar-refractivity contribution in [2.24, 2.45) is 11.1 Å². The summed E-state index contributed by atoms with van der Waals surface area (Å²) in [5.41, 5.74) is 7.62. The lowest BCUT2D eigenvalue weighted by atomic mass is 9.78. The topological polar surface area (TPSA) is 55.1 Å². The van der Waals surface area contributed by atoms with E-state index in [1.54, 1.807) is 0 Å². The van der Waals surface area contributed by atoms with Gasteiger partial charge >= 0.3 is 0 Å². The molecule has 3 heteroatoms. The van der Waals surface area contributed by atoms with Crippen molar-refractivity contribution in [2.75, 3.05) is 11.9 Å². The number of carbonyl (C=O) groups is 1. The zero-order valence-electron chi connectivity index (χ0n) is 13.9. The fourth-order valence-electron chi connectivity index (χ4n) is 2.85. The van der Waals surface area contributed by atoms with Gasteiger partial charge in [-0.15, -0.1) is 0 Å². The van der Waals surface area contributed by atoms with Crippen molar-refractivity contribution in [3.8, 4) is 0 Å². The molecule has 0 bridgehead atoms. The quantitative estimate of drug-likeness (QED) is 0.750. The second-order valence-corrected chi connectivity index (χ2v) is 6.22. The number of hydrogen-bond donors (Lipinski definition) is 2. The summed E-state index contributed by atoms with van der Waals surface area (Å²) in [6.07, 6.45) is 3.62. The Hall–Kier alpha value is -1.35. The van der Waals surface area contributed by atoms with Crippen molar-refractivity contribution in [1.29, 1.82) is 0 Å². The third kappa shape index (κ3) is 4.57. The first-order chi connectivity index (χ1) is 9.99. The Morgan fingerprint density at radius 2 is 1.86 bits per heavy atom. The highest BCUT2D eigenvalue weighted by Crippen LogP contribution is 2.31. The van der Waals surface area contributed by atoms with E-state index in [-0.39, 0.29) is 5.91 Å². The van der Waals surface area contributed by atoms with Crippen LogP contribution in [-0.2, 0) is 4.79 Å². The molecule has 1 amide bonds. The molecule has 0 aromatic heterocycles. The smallest absolute Gasteiger partial charge is 0.231 e. The Morgan fingerprint density at radius 3 is 2.33 bits per heavy atom. The van der Waals surface area contributed by atoms with Gasteiger partial charge in [-0.05, 0) is 36.5 Å². The van der Waals surface area contributed by atoms with Crippen LogP contribution in [-0.4, -0.2) is 12.5 Å². The maximum atomic E-state index is 12.7. The van der Waals surface area contributed by atoms with Gasteiger partial charge in [-0.2, -0.15) is 0 Å². The number of amides is 1. The molecule has 1 rings (SSSR count). The van der Waals surface area contributed by atoms with E-state index < -0.39 is 5.41 Å². The maximum Gasteiger partial charge on any atom is 0.231 e. The standard InChI is InChI=1S/C18H30N2O/c1-5-10-18(13-19,11-6-2)17(21)20-16-9-7-8-15(12-16)14(3)4/h7-9,12,14H,5-6,10-11,13,19H2,1-4H3,(H,20,21). The zero-order valence-corrected chi connectivity index (χ0v) is 13.9. The van der Waals surface area contributed by atoms with Gasteiger partial charge in [0.25, 0.3) is 0 Å². The van der Waals surface area contributed by atoms with Gasteiger partial charge in [-0.1, -0.05) is 52.7 Å². The third-order valence-corrected chi connectivity index (χ3v) is 4.14. The molecule has 1 aromatic carbocycles. The van der Waals surface area contributed by atoms with E-state index in [0.717, 1.165) is 31.4 Å². The van der Waals surface area contributed by atoms with Crippen molar-refractivity contribution >= 4 is 11.6 Å². The summed E-state index contributed by atoms with van der Waals surface area (Å²) < 4.78 is 0. The van der Waals surface area contributed by atoms with Gasteiger partial charge in [-0.25, -0.2) is 0 Å². The monoisotopic (exact) mass is 290 g/mol. The lowest BCUT2D eigenvalue weighted by Gasteiger charge is -2.30. The number of hydrogen-bond acceptors (Lipinski definition) is 2. The van der Waals surface area contributed by atoms with Crippen LogP contribution in [0.3, 0.4) is 0 Å². The van der Waals surface area contributed by atoms with Crippen LogP contribution in [0.1, 0.15) is 64.9 Å². The van der Waals surface area contributed by atoms with Gasteiger partial charge in [0.1, 0.15) is 0 Å². The van der Waals surface area contributed by atoms with Crippen molar-refractivity contribution in [3.05, 3.63) is 29.8 Å². The molecule has 0 aliphatic rings. The molecule has 0 aliphatic carbocycles. The lowest BCUT2D eigenvalue weighted by Crippen LogP contribution is -2.42. The number of nitrogens with one attached hydrogen (secondary N) is 1. The normalized spacial score (nSPS) is 11.7. The Balaban J connectivity index is 2.93. The number of anilines is 1. The Morgan fingerprint density at radius 1 is 1.24 bits per heavy atom. The highest BCUT2D eigenvalue weighted by Gasteiger charge is 2.35. The van der Waals surface area contributed by atoms with Crippen LogP contribution >= 0.6 is 0 Å². The van der Waals surface area contributed by atoms with E-state index in [4.69, 9.17) is 5.73 Å². The molecule has 0 aliphatic heterocycles. The average Bonchev–Trinajstić information content (AvgIpc) is 2.47. The first-order valence-corrected chi connectivity index (χ1v) is 8.10. The second-order valence-electron chi connectivity index (χ2n) is 6.22. The molecule has 0 unspecified atom stereocenters. The summed E-state index contributed by atoms with van der Waals surface area (Å²) in [5, 5.41) is 3.08. The fourth-order valence-corrected chi connectivity index (χ4v) is 2.85. The molecule has 1 aromatic rings. The summed E-state index contributed by atoms with van der Waals surface area (Å²) in [7, 11) is 0. The molecule has 3 N–H and O–H groups in total. The summed E-state index contributed by atoms with van der Waals surface area (Å²) >= 11 is 0. The van der Waals surface area contributed by atoms with E-state index >= 15 is 0 Å². The Bertz CT molecular complexity index is 448. The number of nitrogens with two attached hydrogens (primary N) is 1. The molecule has 0 saturated heterocycles. The number of rotatable bonds is 8. The molecular formula is C18H30N2O. The van der Waals surface area contributed by atoms with Crippen molar-refractivity contribution in [1.82, 2.24) is 0 Å². The number of carbonyl (C=O) groups excluding carboxylic acids is 1. The van der Waals surface area contributed by atoms with Crippen LogP contribution < -0.4 is 11.1 Å². The second kappa shape index (κ2) is 8.18. The third-order valence-electron chi connectivity index (χ3n) is 4.14. The summed E-state index contributed by atoms with van der Waals surface area (Å²) in [5.74, 6) is 0.516. The molecule has 0 fully saturated rings. The highest BCUT2D eigenvalue weighted by atomic mass is 16.2.